The molecule has 1 amide bonds. The molecule has 0 aromatic heterocycles. The van der Waals surface area contributed by atoms with Crippen LogP contribution in [0.3, 0.4) is 0 Å². The average molecular weight is 586 g/mol. The van der Waals surface area contributed by atoms with Crippen LogP contribution >= 0.6 is 0 Å². The molecule has 0 saturated carbocycles. The lowest BCUT2D eigenvalue weighted by molar-refractivity contribution is 0.00274. The van der Waals surface area contributed by atoms with E-state index in [1.54, 1.807) is 72.8 Å². The third-order valence-electron chi connectivity index (χ3n) is 7.56. The van der Waals surface area contributed by atoms with Gasteiger partial charge in [0.25, 0.3) is 5.91 Å². The van der Waals surface area contributed by atoms with E-state index in [9.17, 15) is 14.4 Å². The molecule has 0 aliphatic heterocycles. The number of hydrogen-bond donors (Lipinski definition) is 1. The summed E-state index contributed by atoms with van der Waals surface area (Å²) in [5, 5.41) is 2.99. The number of nitrogens with one attached hydrogen (secondary N) is 1. The highest BCUT2D eigenvalue weighted by atomic mass is 16.6. The molecule has 3 aromatic rings. The number of rotatable bonds is 20. The zero-order chi connectivity index (χ0) is 30.5. The van der Waals surface area contributed by atoms with E-state index in [1.807, 2.05) is 18.2 Å². The van der Waals surface area contributed by atoms with E-state index in [0.29, 0.717) is 23.1 Å². The fourth-order valence-electron chi connectivity index (χ4n) is 5.04. The van der Waals surface area contributed by atoms with Crippen molar-refractivity contribution in [1.82, 2.24) is 5.32 Å². The van der Waals surface area contributed by atoms with E-state index >= 15 is 0 Å². The molecule has 0 spiro atoms. The Morgan fingerprint density at radius 1 is 0.581 bits per heavy atom. The molecule has 230 valence electrons. The Balaban J connectivity index is 1.65. The van der Waals surface area contributed by atoms with Crippen LogP contribution < -0.4 is 5.32 Å². The van der Waals surface area contributed by atoms with Gasteiger partial charge in [0.1, 0.15) is 18.8 Å². The molecule has 6 nitrogen and oxygen atoms in total. The van der Waals surface area contributed by atoms with E-state index in [2.05, 4.69) is 12.2 Å². The van der Waals surface area contributed by atoms with Gasteiger partial charge in [0.2, 0.25) is 0 Å². The largest absolute Gasteiger partial charge is 0.460 e. The highest BCUT2D eigenvalue weighted by Gasteiger charge is 2.29. The summed E-state index contributed by atoms with van der Waals surface area (Å²) in [5.74, 6) is -1.29. The zero-order valence-corrected chi connectivity index (χ0v) is 25.5. The lowest BCUT2D eigenvalue weighted by atomic mass is 10.0. The molecule has 3 aromatic carbocycles. The number of amides is 1. The topological polar surface area (TPSA) is 81.7 Å². The Morgan fingerprint density at radius 3 is 1.53 bits per heavy atom. The van der Waals surface area contributed by atoms with E-state index in [4.69, 9.17) is 9.47 Å². The number of ether oxygens (including phenoxy) is 2. The van der Waals surface area contributed by atoms with E-state index in [1.165, 1.54) is 51.4 Å². The lowest BCUT2D eigenvalue weighted by Crippen LogP contribution is -2.48. The number of unbranched alkanes of at least 4 members (excludes halogenated alkanes) is 10. The minimum Gasteiger partial charge on any atom is -0.460 e. The van der Waals surface area contributed by atoms with Gasteiger partial charge in [-0.05, 0) is 49.2 Å². The quantitative estimate of drug-likeness (QED) is 0.106. The highest BCUT2D eigenvalue weighted by Crippen LogP contribution is 2.18. The second kappa shape index (κ2) is 20.1. The molecular formula is C37H47NO5. The van der Waals surface area contributed by atoms with Gasteiger partial charge in [-0.1, -0.05) is 126 Å². The van der Waals surface area contributed by atoms with Gasteiger partial charge in [-0.2, -0.15) is 0 Å². The second-order valence-corrected chi connectivity index (χ2v) is 11.0. The van der Waals surface area contributed by atoms with E-state index in [-0.39, 0.29) is 12.5 Å². The van der Waals surface area contributed by atoms with Crippen LogP contribution in [0.4, 0.5) is 0 Å². The van der Waals surface area contributed by atoms with Crippen molar-refractivity contribution in [2.75, 3.05) is 6.61 Å². The van der Waals surface area contributed by atoms with Crippen LogP contribution in [0.25, 0.3) is 0 Å². The van der Waals surface area contributed by atoms with Crippen molar-refractivity contribution in [1.29, 1.82) is 0 Å². The molecule has 0 aliphatic rings. The average Bonchev–Trinajstić information content (AvgIpc) is 3.05. The smallest absolute Gasteiger partial charge is 0.338 e. The van der Waals surface area contributed by atoms with Gasteiger partial charge < -0.3 is 14.8 Å². The fourth-order valence-corrected chi connectivity index (χ4v) is 5.04. The molecule has 0 unspecified atom stereocenters. The molecule has 1 N–H and O–H groups in total. The molecule has 0 aliphatic carbocycles. The van der Waals surface area contributed by atoms with Gasteiger partial charge in [0.05, 0.1) is 11.1 Å². The van der Waals surface area contributed by atoms with Crippen molar-refractivity contribution in [2.45, 2.75) is 96.1 Å². The Morgan fingerprint density at radius 2 is 1.02 bits per heavy atom. The van der Waals surface area contributed by atoms with Crippen LogP contribution in [0.2, 0.25) is 0 Å². The lowest BCUT2D eigenvalue weighted by Gasteiger charge is -2.28. The van der Waals surface area contributed by atoms with Gasteiger partial charge >= 0.3 is 11.9 Å². The summed E-state index contributed by atoms with van der Waals surface area (Å²) in [6.07, 6.45) is 13.1. The summed E-state index contributed by atoms with van der Waals surface area (Å²) in [6, 6.07) is 25.7. The predicted molar refractivity (Wildman–Crippen MR) is 171 cm³/mol. The number of esters is 2. The Hall–Kier alpha value is -3.93. The summed E-state index contributed by atoms with van der Waals surface area (Å²) in [5.41, 5.74) is 1.32. The van der Waals surface area contributed by atoms with Gasteiger partial charge in [-0.15, -0.1) is 0 Å². The molecular weight excluding hydrogens is 538 g/mol. The summed E-state index contributed by atoms with van der Waals surface area (Å²) < 4.78 is 11.7. The maximum absolute atomic E-state index is 13.2. The maximum atomic E-state index is 13.2. The molecule has 0 radical (unpaired) electrons. The molecule has 2 atom stereocenters. The van der Waals surface area contributed by atoms with Crippen LogP contribution in [0.1, 0.15) is 115 Å². The monoisotopic (exact) mass is 585 g/mol. The van der Waals surface area contributed by atoms with Gasteiger partial charge in [-0.3, -0.25) is 4.79 Å². The first-order valence-electron chi connectivity index (χ1n) is 15.9. The van der Waals surface area contributed by atoms with E-state index < -0.39 is 24.1 Å². The van der Waals surface area contributed by atoms with Crippen molar-refractivity contribution >= 4 is 17.8 Å². The SMILES string of the molecule is CCCCCCCCCCCCC[C@@H](OC(=O)c1ccccc1)[C@@H](COC(=O)c1ccccc1)NC(=O)c1ccccc1. The maximum Gasteiger partial charge on any atom is 0.338 e. The van der Waals surface area contributed by atoms with Gasteiger partial charge in [-0.25, -0.2) is 9.59 Å². The predicted octanol–water partition coefficient (Wildman–Crippen LogP) is 8.57. The molecule has 0 bridgehead atoms. The molecule has 3 rings (SSSR count). The van der Waals surface area contributed by atoms with E-state index in [0.717, 1.165) is 19.3 Å². The fraction of sp³-hybridized carbons (Fsp3) is 0.432. The molecule has 0 fully saturated rings. The summed E-state index contributed by atoms with van der Waals surface area (Å²) in [6.45, 7) is 2.11. The van der Waals surface area contributed by atoms with Crippen LogP contribution in [0, 0.1) is 0 Å². The summed E-state index contributed by atoms with van der Waals surface area (Å²) in [4.78, 5) is 39.1. The third-order valence-corrected chi connectivity index (χ3v) is 7.56. The van der Waals surface area contributed by atoms with Crippen LogP contribution in [0.5, 0.6) is 0 Å². The Labute approximate surface area is 257 Å². The van der Waals surface area contributed by atoms with Crippen LogP contribution in [0.15, 0.2) is 91.0 Å². The highest BCUT2D eigenvalue weighted by molar-refractivity contribution is 5.94. The Kier molecular flexibility index (Phi) is 15.7. The molecule has 0 heterocycles. The number of benzene rings is 3. The Bertz CT molecular complexity index is 1200. The van der Waals surface area contributed by atoms with Crippen molar-refractivity contribution in [3.8, 4) is 0 Å². The first-order chi connectivity index (χ1) is 21.1. The van der Waals surface area contributed by atoms with Crippen molar-refractivity contribution in [2.24, 2.45) is 0 Å². The van der Waals surface area contributed by atoms with Crippen molar-refractivity contribution < 1.29 is 23.9 Å². The first kappa shape index (κ1) is 33.6. The van der Waals surface area contributed by atoms with Crippen LogP contribution in [-0.4, -0.2) is 36.6 Å². The molecule has 6 heteroatoms. The summed E-state index contributed by atoms with van der Waals surface area (Å²) in [7, 11) is 0. The zero-order valence-electron chi connectivity index (χ0n) is 25.5. The first-order valence-corrected chi connectivity index (χ1v) is 15.9. The van der Waals surface area contributed by atoms with Crippen molar-refractivity contribution in [3.05, 3.63) is 108 Å². The standard InChI is InChI=1S/C37H47NO5/c1-2-3-4-5-6-7-8-9-10-11-21-28-34(43-37(41)32-26-19-14-20-27-32)33(38-35(39)30-22-15-12-16-23-30)29-42-36(40)31-24-17-13-18-25-31/h12-20,22-27,33-34H,2-11,21,28-29H2,1H3,(H,38,39)/t33-,34-/m1/s1. The summed E-state index contributed by atoms with van der Waals surface area (Å²) >= 11 is 0. The minimum atomic E-state index is -0.726. The normalized spacial score (nSPS) is 12.2. The third kappa shape index (κ3) is 12.9. The second-order valence-electron chi connectivity index (χ2n) is 11.0. The molecule has 0 saturated heterocycles. The van der Waals surface area contributed by atoms with Gasteiger partial charge in [0.15, 0.2) is 0 Å². The number of carbonyl (C=O) groups is 3. The van der Waals surface area contributed by atoms with Crippen molar-refractivity contribution in [3.63, 3.8) is 0 Å². The number of hydrogen-bond acceptors (Lipinski definition) is 5. The van der Waals surface area contributed by atoms with Crippen LogP contribution in [-0.2, 0) is 9.47 Å². The minimum absolute atomic E-state index is 0.128. The molecule has 43 heavy (non-hydrogen) atoms. The number of carbonyl (C=O) groups excluding carboxylic acids is 3. The van der Waals surface area contributed by atoms with Gasteiger partial charge in [0, 0.05) is 5.56 Å².